The molecule has 0 aliphatic heterocycles. The Morgan fingerprint density at radius 1 is 1.18 bits per heavy atom. The largest absolute Gasteiger partial charge is 0.309 e. The first kappa shape index (κ1) is 21.3. The average molecular weight is 345 g/mol. The molecule has 0 fully saturated rings. The first-order chi connectivity index (χ1) is 9.83. The molecule has 1 amide bonds. The minimum Gasteiger partial charge on any atom is -0.309 e. The maximum atomic E-state index is 14.0. The average Bonchev–Trinajstić information content (AvgIpc) is 2.44. The number of carbonyl (C=O) groups excluding carboxylic acids is 1. The molecule has 0 aliphatic carbocycles. The van der Waals surface area contributed by atoms with Crippen molar-refractivity contribution in [1.29, 1.82) is 0 Å². The third-order valence-electron chi connectivity index (χ3n) is 3.89. The van der Waals surface area contributed by atoms with Gasteiger partial charge in [0.1, 0.15) is 11.6 Å². The second-order valence-electron chi connectivity index (χ2n) is 6.00. The molecule has 22 heavy (non-hydrogen) atoms. The third kappa shape index (κ3) is 5.47. The molecule has 0 bridgehead atoms. The van der Waals surface area contributed by atoms with Gasteiger partial charge in [-0.3, -0.25) is 4.79 Å². The molecule has 0 radical (unpaired) electrons. The van der Waals surface area contributed by atoms with Crippen LogP contribution < -0.4 is 4.90 Å². The van der Waals surface area contributed by atoms with E-state index in [0.29, 0.717) is 13.0 Å². The molecule has 0 saturated carbocycles. The van der Waals surface area contributed by atoms with E-state index in [1.165, 1.54) is 17.0 Å². The van der Waals surface area contributed by atoms with Crippen LogP contribution in [-0.2, 0) is 26.5 Å². The molecule has 0 unspecified atom stereocenters. The molecular weight excluding hydrogens is 320 g/mol. The summed E-state index contributed by atoms with van der Waals surface area (Å²) in [7, 11) is 0. The predicted molar refractivity (Wildman–Crippen MR) is 82.3 cm³/mol. The quantitative estimate of drug-likeness (QED) is 0.507. The SMILES string of the molecule is CCCCCN(C(=O)C(C)(C)CC)c1ccc(F)cc1F.[Ti]. The van der Waals surface area contributed by atoms with Gasteiger partial charge in [0.2, 0.25) is 5.91 Å². The molecule has 5 heteroatoms. The van der Waals surface area contributed by atoms with E-state index in [0.717, 1.165) is 25.3 Å². The van der Waals surface area contributed by atoms with Crippen molar-refractivity contribution in [2.75, 3.05) is 11.4 Å². The molecule has 0 heterocycles. The van der Waals surface area contributed by atoms with Gasteiger partial charge in [-0.15, -0.1) is 0 Å². The van der Waals surface area contributed by atoms with Crippen molar-refractivity contribution in [3.8, 4) is 0 Å². The van der Waals surface area contributed by atoms with Crippen LogP contribution in [0.15, 0.2) is 18.2 Å². The fraction of sp³-hybridized carbons (Fsp3) is 0.588. The summed E-state index contributed by atoms with van der Waals surface area (Å²) in [5, 5.41) is 0. The van der Waals surface area contributed by atoms with E-state index in [2.05, 4.69) is 6.92 Å². The van der Waals surface area contributed by atoms with Gasteiger partial charge in [-0.2, -0.15) is 0 Å². The predicted octanol–water partition coefficient (Wildman–Crippen LogP) is 4.92. The number of carbonyl (C=O) groups is 1. The van der Waals surface area contributed by atoms with Crippen molar-refractivity contribution in [2.45, 2.75) is 53.4 Å². The number of hydrogen-bond acceptors (Lipinski definition) is 1. The molecule has 2 nitrogen and oxygen atoms in total. The summed E-state index contributed by atoms with van der Waals surface area (Å²) in [4.78, 5) is 14.2. The normalized spacial score (nSPS) is 11.0. The van der Waals surface area contributed by atoms with E-state index < -0.39 is 17.0 Å². The summed E-state index contributed by atoms with van der Waals surface area (Å²) in [5.41, 5.74) is -0.397. The standard InChI is InChI=1S/C17H25F2NO.Ti/c1-5-7-8-11-20(16(21)17(3,4)6-2)15-10-9-13(18)12-14(15)19;/h9-10,12H,5-8,11H2,1-4H3;. The molecule has 1 rings (SSSR count). The van der Waals surface area contributed by atoms with Crippen LogP contribution in [0, 0.1) is 17.0 Å². The second kappa shape index (κ2) is 9.41. The van der Waals surface area contributed by atoms with Gasteiger partial charge in [0.25, 0.3) is 0 Å². The van der Waals surface area contributed by atoms with Crippen molar-refractivity contribution in [2.24, 2.45) is 5.41 Å². The molecule has 122 valence electrons. The Morgan fingerprint density at radius 3 is 2.32 bits per heavy atom. The number of hydrogen-bond donors (Lipinski definition) is 0. The van der Waals surface area contributed by atoms with Crippen molar-refractivity contribution in [1.82, 2.24) is 0 Å². The summed E-state index contributed by atoms with van der Waals surface area (Å²) < 4.78 is 27.1. The molecule has 1 aromatic carbocycles. The van der Waals surface area contributed by atoms with Gasteiger partial charge in [-0.25, -0.2) is 8.78 Å². The third-order valence-corrected chi connectivity index (χ3v) is 3.89. The van der Waals surface area contributed by atoms with Crippen LogP contribution in [0.4, 0.5) is 14.5 Å². The van der Waals surface area contributed by atoms with Crippen LogP contribution in [0.2, 0.25) is 0 Å². The number of nitrogens with zero attached hydrogens (tertiary/aromatic N) is 1. The van der Waals surface area contributed by atoms with Crippen molar-refractivity contribution >= 4 is 11.6 Å². The van der Waals surface area contributed by atoms with E-state index in [-0.39, 0.29) is 33.3 Å². The number of halogens is 2. The summed E-state index contributed by atoms with van der Waals surface area (Å²) >= 11 is 0. The number of benzene rings is 1. The minimum atomic E-state index is -0.688. The summed E-state index contributed by atoms with van der Waals surface area (Å²) in [6.45, 7) is 8.16. The zero-order chi connectivity index (χ0) is 16.0. The van der Waals surface area contributed by atoms with E-state index >= 15 is 0 Å². The van der Waals surface area contributed by atoms with Gasteiger partial charge < -0.3 is 4.90 Å². The van der Waals surface area contributed by atoms with E-state index in [4.69, 9.17) is 0 Å². The molecule has 1 aromatic rings. The number of unbranched alkanes of at least 4 members (excludes halogenated alkanes) is 2. The smallest absolute Gasteiger partial charge is 0.232 e. The van der Waals surface area contributed by atoms with Gasteiger partial charge >= 0.3 is 0 Å². The van der Waals surface area contributed by atoms with Crippen LogP contribution >= 0.6 is 0 Å². The van der Waals surface area contributed by atoms with Crippen LogP contribution in [0.25, 0.3) is 0 Å². The van der Waals surface area contributed by atoms with Gasteiger partial charge in [0.15, 0.2) is 0 Å². The van der Waals surface area contributed by atoms with Crippen molar-refractivity contribution in [3.63, 3.8) is 0 Å². The monoisotopic (exact) mass is 345 g/mol. The van der Waals surface area contributed by atoms with Crippen molar-refractivity contribution < 1.29 is 35.3 Å². The van der Waals surface area contributed by atoms with Gasteiger partial charge in [-0.1, -0.05) is 40.5 Å². The first-order valence-electron chi connectivity index (χ1n) is 7.60. The molecular formula is C17H25F2NOTi. The summed E-state index contributed by atoms with van der Waals surface area (Å²) in [5.74, 6) is -1.44. The van der Waals surface area contributed by atoms with E-state index in [1.807, 2.05) is 20.8 Å². The molecule has 0 atom stereocenters. The Hall–Kier alpha value is -0.736. The number of amides is 1. The van der Waals surface area contributed by atoms with Crippen LogP contribution in [0.5, 0.6) is 0 Å². The Balaban J connectivity index is 0.00000441. The molecule has 0 saturated heterocycles. The first-order valence-corrected chi connectivity index (χ1v) is 7.60. The van der Waals surface area contributed by atoms with E-state index in [9.17, 15) is 13.6 Å². The molecule has 0 aliphatic rings. The van der Waals surface area contributed by atoms with Crippen LogP contribution in [0.1, 0.15) is 53.4 Å². The number of anilines is 1. The van der Waals surface area contributed by atoms with Gasteiger partial charge in [-0.05, 0) is 25.0 Å². The summed E-state index contributed by atoms with van der Waals surface area (Å²) in [6, 6.07) is 3.37. The van der Waals surface area contributed by atoms with Gasteiger partial charge in [0, 0.05) is 39.7 Å². The van der Waals surface area contributed by atoms with E-state index in [1.54, 1.807) is 0 Å². The Labute approximate surface area is 147 Å². The molecule has 0 spiro atoms. The van der Waals surface area contributed by atoms with Gasteiger partial charge in [0.05, 0.1) is 5.69 Å². The topological polar surface area (TPSA) is 20.3 Å². The zero-order valence-electron chi connectivity index (χ0n) is 13.9. The fourth-order valence-corrected chi connectivity index (χ4v) is 2.07. The second-order valence-corrected chi connectivity index (χ2v) is 6.00. The molecule has 0 N–H and O–H groups in total. The molecule has 0 aromatic heterocycles. The zero-order valence-corrected chi connectivity index (χ0v) is 15.4. The Kier molecular flexibility index (Phi) is 9.10. The van der Waals surface area contributed by atoms with Crippen molar-refractivity contribution in [3.05, 3.63) is 29.8 Å². The minimum absolute atomic E-state index is 0. The maximum Gasteiger partial charge on any atom is 0.232 e. The van der Waals surface area contributed by atoms with Crippen LogP contribution in [0.3, 0.4) is 0 Å². The maximum absolute atomic E-state index is 14.0. The Morgan fingerprint density at radius 2 is 1.82 bits per heavy atom. The fourth-order valence-electron chi connectivity index (χ4n) is 2.07. The number of rotatable bonds is 7. The Bertz CT molecular complexity index is 492. The summed E-state index contributed by atoms with van der Waals surface area (Å²) in [6.07, 6.45) is 3.46. The van der Waals surface area contributed by atoms with Crippen LogP contribution in [-0.4, -0.2) is 12.5 Å².